The van der Waals surface area contributed by atoms with E-state index in [4.69, 9.17) is 5.73 Å². The van der Waals surface area contributed by atoms with Gasteiger partial charge in [0, 0.05) is 18.9 Å². The fraction of sp³-hybridized carbons (Fsp3) is 0.300. The summed E-state index contributed by atoms with van der Waals surface area (Å²) in [6.45, 7) is 6.14. The van der Waals surface area contributed by atoms with Crippen molar-refractivity contribution in [2.75, 3.05) is 11.5 Å². The van der Waals surface area contributed by atoms with Gasteiger partial charge in [-0.1, -0.05) is 43.8 Å². The monoisotopic (exact) mass is 413 g/mol. The lowest BCUT2D eigenvalue weighted by molar-refractivity contribution is 0.102. The number of H-pyrrole nitrogens is 1. The Hall–Kier alpha value is -3.07. The highest BCUT2D eigenvalue weighted by Gasteiger charge is 2.21. The Morgan fingerprint density at radius 1 is 1.28 bits per heavy atom. The maximum Gasteiger partial charge on any atom is 0.329 e. The number of Topliss-reactive ketones (excluding diaryl/α,β-unsaturated/α-hetero) is 1. The molecule has 3 rings (SSSR count). The van der Waals surface area contributed by atoms with E-state index in [0.29, 0.717) is 11.7 Å². The molecule has 0 unspecified atom stereocenters. The molecule has 0 saturated carbocycles. The SMILES string of the molecule is Cc1ccccc1-n1ccnc1SCC(=O)c1c(N)n(CC(C)C)c(=O)[nH]c1=O. The number of hydrogen-bond acceptors (Lipinski definition) is 6. The smallest absolute Gasteiger partial charge is 0.329 e. The highest BCUT2D eigenvalue weighted by molar-refractivity contribution is 7.99. The van der Waals surface area contributed by atoms with Gasteiger partial charge in [-0.25, -0.2) is 9.78 Å². The number of para-hydroxylation sites is 1. The molecular weight excluding hydrogens is 390 g/mol. The molecule has 3 aromatic rings. The third-order valence-corrected chi connectivity index (χ3v) is 5.35. The van der Waals surface area contributed by atoms with Crippen molar-refractivity contribution >= 4 is 23.4 Å². The van der Waals surface area contributed by atoms with Gasteiger partial charge in [-0.15, -0.1) is 0 Å². The Kier molecular flexibility index (Phi) is 6.07. The first-order valence-corrected chi connectivity index (χ1v) is 10.2. The van der Waals surface area contributed by atoms with Crippen LogP contribution in [0.15, 0.2) is 51.4 Å². The molecule has 0 saturated heterocycles. The molecule has 8 nitrogen and oxygen atoms in total. The number of nitrogen functional groups attached to an aromatic ring is 1. The molecule has 0 spiro atoms. The zero-order valence-electron chi connectivity index (χ0n) is 16.5. The van der Waals surface area contributed by atoms with E-state index in [2.05, 4.69) is 9.97 Å². The Morgan fingerprint density at radius 2 is 2.00 bits per heavy atom. The molecule has 3 N–H and O–H groups in total. The number of anilines is 1. The molecule has 29 heavy (non-hydrogen) atoms. The highest BCUT2D eigenvalue weighted by Crippen LogP contribution is 2.23. The van der Waals surface area contributed by atoms with Gasteiger partial charge in [0.25, 0.3) is 5.56 Å². The van der Waals surface area contributed by atoms with Gasteiger partial charge in [-0.05, 0) is 24.5 Å². The fourth-order valence-electron chi connectivity index (χ4n) is 3.02. The minimum absolute atomic E-state index is 0.0317. The van der Waals surface area contributed by atoms with Crippen LogP contribution in [0.2, 0.25) is 0 Å². The van der Waals surface area contributed by atoms with Crippen molar-refractivity contribution in [2.45, 2.75) is 32.5 Å². The number of carbonyl (C=O) groups excluding carboxylic acids is 1. The topological polar surface area (TPSA) is 116 Å². The fourth-order valence-corrected chi connectivity index (χ4v) is 3.86. The Labute approximate surface area is 171 Å². The number of hydrogen-bond donors (Lipinski definition) is 2. The van der Waals surface area contributed by atoms with Gasteiger partial charge in [0.1, 0.15) is 11.4 Å². The number of benzene rings is 1. The zero-order valence-corrected chi connectivity index (χ0v) is 17.3. The van der Waals surface area contributed by atoms with Crippen LogP contribution in [-0.4, -0.2) is 30.6 Å². The van der Waals surface area contributed by atoms with E-state index in [9.17, 15) is 14.4 Å². The maximum atomic E-state index is 12.8. The van der Waals surface area contributed by atoms with Gasteiger partial charge in [0.15, 0.2) is 10.9 Å². The van der Waals surface area contributed by atoms with Gasteiger partial charge >= 0.3 is 5.69 Å². The van der Waals surface area contributed by atoms with Crippen LogP contribution in [0.4, 0.5) is 5.82 Å². The predicted molar refractivity (Wildman–Crippen MR) is 114 cm³/mol. The highest BCUT2D eigenvalue weighted by atomic mass is 32.2. The van der Waals surface area contributed by atoms with E-state index in [1.807, 2.05) is 55.8 Å². The molecule has 0 amide bonds. The average molecular weight is 414 g/mol. The number of aromatic amines is 1. The van der Waals surface area contributed by atoms with Crippen molar-refractivity contribution in [1.29, 1.82) is 0 Å². The van der Waals surface area contributed by atoms with Crippen molar-refractivity contribution < 1.29 is 4.79 Å². The molecule has 2 heterocycles. The molecule has 2 aromatic heterocycles. The first-order chi connectivity index (χ1) is 13.8. The number of aryl methyl sites for hydroxylation is 1. The molecule has 0 atom stereocenters. The van der Waals surface area contributed by atoms with Crippen molar-refractivity contribution in [3.63, 3.8) is 0 Å². The van der Waals surface area contributed by atoms with Gasteiger partial charge in [0.05, 0.1) is 11.4 Å². The molecule has 9 heteroatoms. The molecule has 152 valence electrons. The van der Waals surface area contributed by atoms with E-state index >= 15 is 0 Å². The quantitative estimate of drug-likeness (QED) is 0.453. The van der Waals surface area contributed by atoms with E-state index in [0.717, 1.165) is 11.3 Å². The predicted octanol–water partition coefficient (Wildman–Crippen LogP) is 2.24. The van der Waals surface area contributed by atoms with Crippen molar-refractivity contribution in [3.05, 3.63) is 68.6 Å². The standard InChI is InChI=1S/C20H23N5O3S/c1-12(2)10-25-17(21)16(18(27)23-19(25)28)15(26)11-29-20-22-8-9-24(20)14-7-5-4-6-13(14)3/h4-9,12H,10-11,21H2,1-3H3,(H,23,27,28). The lowest BCUT2D eigenvalue weighted by atomic mass is 10.2. The third-order valence-electron chi connectivity index (χ3n) is 4.38. The second kappa shape index (κ2) is 8.52. The second-order valence-corrected chi connectivity index (χ2v) is 8.04. The minimum Gasteiger partial charge on any atom is -0.384 e. The van der Waals surface area contributed by atoms with Crippen LogP contribution in [0.25, 0.3) is 5.69 Å². The van der Waals surface area contributed by atoms with E-state index in [1.165, 1.54) is 16.3 Å². The number of nitrogens with one attached hydrogen (secondary N) is 1. The molecule has 0 aliphatic rings. The minimum atomic E-state index is -0.764. The Balaban J connectivity index is 1.87. The van der Waals surface area contributed by atoms with Gasteiger partial charge in [-0.2, -0.15) is 0 Å². The molecule has 0 aliphatic carbocycles. The summed E-state index contributed by atoms with van der Waals surface area (Å²) in [5.41, 5.74) is 6.48. The van der Waals surface area contributed by atoms with Crippen LogP contribution < -0.4 is 17.0 Å². The summed E-state index contributed by atoms with van der Waals surface area (Å²) in [7, 11) is 0. The molecule has 0 bridgehead atoms. The summed E-state index contributed by atoms with van der Waals surface area (Å²) in [6.07, 6.45) is 3.47. The van der Waals surface area contributed by atoms with Crippen molar-refractivity contribution in [1.82, 2.24) is 19.1 Å². The van der Waals surface area contributed by atoms with Crippen LogP contribution in [0.3, 0.4) is 0 Å². The van der Waals surface area contributed by atoms with Gasteiger partial charge < -0.3 is 5.73 Å². The van der Waals surface area contributed by atoms with Crippen LogP contribution in [0, 0.1) is 12.8 Å². The molecule has 0 aliphatic heterocycles. The number of aromatic nitrogens is 4. The summed E-state index contributed by atoms with van der Waals surface area (Å²) in [5.74, 6) is -0.457. The first kappa shape index (κ1) is 20.7. The molecule has 0 fully saturated rings. The normalized spacial score (nSPS) is 11.2. The average Bonchev–Trinajstić information content (AvgIpc) is 3.12. The third kappa shape index (κ3) is 4.34. The van der Waals surface area contributed by atoms with Crippen molar-refractivity contribution in [2.24, 2.45) is 5.92 Å². The lowest BCUT2D eigenvalue weighted by Gasteiger charge is -2.14. The van der Waals surface area contributed by atoms with Crippen LogP contribution in [0.1, 0.15) is 29.8 Å². The van der Waals surface area contributed by atoms with E-state index in [1.54, 1.807) is 6.20 Å². The van der Waals surface area contributed by atoms with Crippen LogP contribution >= 0.6 is 11.8 Å². The Bertz CT molecular complexity index is 1160. The second-order valence-electron chi connectivity index (χ2n) is 7.10. The number of rotatable bonds is 7. The summed E-state index contributed by atoms with van der Waals surface area (Å²) in [5, 5.41) is 0.623. The Morgan fingerprint density at radius 3 is 2.69 bits per heavy atom. The van der Waals surface area contributed by atoms with E-state index < -0.39 is 17.0 Å². The largest absolute Gasteiger partial charge is 0.384 e. The number of nitrogens with zero attached hydrogens (tertiary/aromatic N) is 3. The lowest BCUT2D eigenvalue weighted by Crippen LogP contribution is -2.37. The maximum absolute atomic E-state index is 12.8. The van der Waals surface area contributed by atoms with Crippen molar-refractivity contribution in [3.8, 4) is 5.69 Å². The first-order valence-electron chi connectivity index (χ1n) is 9.17. The van der Waals surface area contributed by atoms with E-state index in [-0.39, 0.29) is 23.1 Å². The summed E-state index contributed by atoms with van der Waals surface area (Å²) in [4.78, 5) is 43.6. The number of carbonyl (C=O) groups is 1. The number of thioether (sulfide) groups is 1. The summed E-state index contributed by atoms with van der Waals surface area (Å²) < 4.78 is 3.12. The van der Waals surface area contributed by atoms with Gasteiger partial charge in [0.2, 0.25) is 0 Å². The van der Waals surface area contributed by atoms with Crippen LogP contribution in [-0.2, 0) is 6.54 Å². The number of nitrogens with two attached hydrogens (primary N) is 1. The summed E-state index contributed by atoms with van der Waals surface area (Å²) >= 11 is 1.21. The number of ketones is 1. The molecular formula is C20H23N5O3S. The molecule has 0 radical (unpaired) electrons. The zero-order chi connectivity index (χ0) is 21.1. The number of imidazole rings is 1. The van der Waals surface area contributed by atoms with Gasteiger partial charge in [-0.3, -0.25) is 23.7 Å². The molecule has 1 aromatic carbocycles. The summed E-state index contributed by atoms with van der Waals surface area (Å²) in [6, 6.07) is 7.84. The van der Waals surface area contributed by atoms with Crippen LogP contribution in [0.5, 0.6) is 0 Å².